The van der Waals surface area contributed by atoms with Gasteiger partial charge in [0.25, 0.3) is 5.56 Å². The molecule has 1 aromatic rings. The van der Waals surface area contributed by atoms with E-state index in [2.05, 4.69) is 10.4 Å². The van der Waals surface area contributed by atoms with Gasteiger partial charge in [-0.15, -0.1) is 0 Å². The van der Waals surface area contributed by atoms with Crippen LogP contribution in [-0.2, 0) is 6.54 Å². The quantitative estimate of drug-likeness (QED) is 0.859. The molecule has 1 heterocycles. The van der Waals surface area contributed by atoms with Crippen LogP contribution in [0.15, 0.2) is 11.0 Å². The zero-order valence-corrected chi connectivity index (χ0v) is 10.1. The first-order chi connectivity index (χ1) is 7.72. The van der Waals surface area contributed by atoms with Crippen LogP contribution in [0, 0.1) is 5.92 Å². The van der Waals surface area contributed by atoms with Crippen LogP contribution in [0.3, 0.4) is 0 Å². The number of aromatic nitrogens is 2. The van der Waals surface area contributed by atoms with E-state index in [0.29, 0.717) is 16.6 Å². The molecule has 88 valence electrons. The monoisotopic (exact) mass is 241 g/mol. The number of hydrogen-bond donors (Lipinski definition) is 1. The molecule has 0 radical (unpaired) electrons. The highest BCUT2D eigenvalue weighted by Gasteiger charge is 2.23. The summed E-state index contributed by atoms with van der Waals surface area (Å²) in [6.45, 7) is 3.52. The molecule has 1 aliphatic carbocycles. The SMILES string of the molecule is CCCNc1c(Cl)cnn(CC2CC2)c1=O. The summed E-state index contributed by atoms with van der Waals surface area (Å²) in [4.78, 5) is 12.0. The van der Waals surface area contributed by atoms with Crippen molar-refractivity contribution < 1.29 is 0 Å². The van der Waals surface area contributed by atoms with Crippen molar-refractivity contribution in [1.82, 2.24) is 9.78 Å². The fraction of sp³-hybridized carbons (Fsp3) is 0.636. The number of hydrogen-bond acceptors (Lipinski definition) is 3. The van der Waals surface area contributed by atoms with Crippen LogP contribution in [-0.4, -0.2) is 16.3 Å². The maximum Gasteiger partial charge on any atom is 0.291 e. The predicted octanol–water partition coefficient (Wildman–Crippen LogP) is 2.13. The lowest BCUT2D eigenvalue weighted by Gasteiger charge is -2.09. The third kappa shape index (κ3) is 2.55. The van der Waals surface area contributed by atoms with Gasteiger partial charge >= 0.3 is 0 Å². The highest BCUT2D eigenvalue weighted by Crippen LogP contribution is 2.30. The van der Waals surface area contributed by atoms with E-state index in [-0.39, 0.29) is 5.56 Å². The first-order valence-electron chi connectivity index (χ1n) is 5.72. The standard InChI is InChI=1S/C11H16ClN3O/c1-2-5-13-10-9(12)6-14-15(11(10)16)7-8-3-4-8/h6,8,13H,2-5,7H2,1H3. The maximum atomic E-state index is 12.0. The molecule has 0 unspecified atom stereocenters. The Hall–Kier alpha value is -1.03. The highest BCUT2D eigenvalue weighted by molar-refractivity contribution is 6.32. The molecule has 0 aliphatic heterocycles. The second-order valence-electron chi connectivity index (χ2n) is 4.22. The second kappa shape index (κ2) is 4.87. The van der Waals surface area contributed by atoms with Gasteiger partial charge in [0.2, 0.25) is 0 Å². The van der Waals surface area contributed by atoms with Gasteiger partial charge in [-0.05, 0) is 25.2 Å². The Labute approximate surface area is 99.6 Å². The van der Waals surface area contributed by atoms with Crippen LogP contribution < -0.4 is 10.9 Å². The van der Waals surface area contributed by atoms with Gasteiger partial charge in [0.15, 0.2) is 0 Å². The molecule has 1 aromatic heterocycles. The normalized spacial score (nSPS) is 15.1. The van der Waals surface area contributed by atoms with E-state index >= 15 is 0 Å². The van der Waals surface area contributed by atoms with Crippen molar-refractivity contribution in [3.63, 3.8) is 0 Å². The minimum Gasteiger partial charge on any atom is -0.379 e. The molecule has 5 heteroatoms. The van der Waals surface area contributed by atoms with Crippen molar-refractivity contribution in [3.8, 4) is 0 Å². The van der Waals surface area contributed by atoms with E-state index in [1.807, 2.05) is 6.92 Å². The average Bonchev–Trinajstić information content (AvgIpc) is 3.06. The van der Waals surface area contributed by atoms with Gasteiger partial charge in [0.05, 0.1) is 11.2 Å². The zero-order chi connectivity index (χ0) is 11.5. The lowest BCUT2D eigenvalue weighted by atomic mass is 10.4. The molecule has 0 amide bonds. The van der Waals surface area contributed by atoms with E-state index in [1.165, 1.54) is 17.5 Å². The predicted molar refractivity (Wildman–Crippen MR) is 65.0 cm³/mol. The fourth-order valence-corrected chi connectivity index (χ4v) is 1.74. The molecule has 1 saturated carbocycles. The van der Waals surface area contributed by atoms with E-state index in [1.54, 1.807) is 6.20 Å². The molecule has 0 saturated heterocycles. The summed E-state index contributed by atoms with van der Waals surface area (Å²) < 4.78 is 1.52. The van der Waals surface area contributed by atoms with E-state index in [9.17, 15) is 4.79 Å². The summed E-state index contributed by atoms with van der Waals surface area (Å²) in [5, 5.41) is 7.53. The molecule has 0 atom stereocenters. The van der Waals surface area contributed by atoms with Crippen LogP contribution in [0.4, 0.5) is 5.69 Å². The molecule has 0 aromatic carbocycles. The fourth-order valence-electron chi connectivity index (χ4n) is 1.55. The Morgan fingerprint density at radius 3 is 3.00 bits per heavy atom. The van der Waals surface area contributed by atoms with Gasteiger partial charge in [-0.2, -0.15) is 5.10 Å². The minimum absolute atomic E-state index is 0.104. The van der Waals surface area contributed by atoms with Crippen molar-refractivity contribution in [1.29, 1.82) is 0 Å². The average molecular weight is 242 g/mol. The van der Waals surface area contributed by atoms with Gasteiger partial charge in [0.1, 0.15) is 5.69 Å². The van der Waals surface area contributed by atoms with Crippen LogP contribution in [0.5, 0.6) is 0 Å². The summed E-state index contributed by atoms with van der Waals surface area (Å²) in [6, 6.07) is 0. The summed E-state index contributed by atoms with van der Waals surface area (Å²) in [5.41, 5.74) is 0.381. The summed E-state index contributed by atoms with van der Waals surface area (Å²) in [7, 11) is 0. The number of nitrogens with zero attached hydrogens (tertiary/aromatic N) is 2. The van der Waals surface area contributed by atoms with Crippen LogP contribution >= 0.6 is 11.6 Å². The third-order valence-electron chi connectivity index (χ3n) is 2.68. The van der Waals surface area contributed by atoms with E-state index in [4.69, 9.17) is 11.6 Å². The molecule has 1 fully saturated rings. The molecular formula is C11H16ClN3O. The molecule has 1 aliphatic rings. The van der Waals surface area contributed by atoms with Crippen molar-refractivity contribution >= 4 is 17.3 Å². The van der Waals surface area contributed by atoms with Gasteiger partial charge in [-0.1, -0.05) is 18.5 Å². The molecule has 4 nitrogen and oxygen atoms in total. The van der Waals surface area contributed by atoms with Crippen molar-refractivity contribution in [2.45, 2.75) is 32.7 Å². The number of halogens is 1. The molecule has 2 rings (SSSR count). The molecule has 0 spiro atoms. The lowest BCUT2D eigenvalue weighted by Crippen LogP contribution is -2.27. The Balaban J connectivity index is 2.22. The molecule has 16 heavy (non-hydrogen) atoms. The lowest BCUT2D eigenvalue weighted by molar-refractivity contribution is 0.534. The van der Waals surface area contributed by atoms with Crippen LogP contribution in [0.25, 0.3) is 0 Å². The first-order valence-corrected chi connectivity index (χ1v) is 6.09. The van der Waals surface area contributed by atoms with Gasteiger partial charge in [-0.25, -0.2) is 4.68 Å². The van der Waals surface area contributed by atoms with Crippen LogP contribution in [0.2, 0.25) is 5.02 Å². The highest BCUT2D eigenvalue weighted by atomic mass is 35.5. The summed E-state index contributed by atoms with van der Waals surface area (Å²) in [6.07, 6.45) is 4.91. The third-order valence-corrected chi connectivity index (χ3v) is 2.96. The Bertz CT molecular complexity index is 426. The molecule has 1 N–H and O–H groups in total. The summed E-state index contributed by atoms with van der Waals surface area (Å²) >= 11 is 5.95. The Kier molecular flexibility index (Phi) is 3.49. The van der Waals surface area contributed by atoms with E-state index in [0.717, 1.165) is 19.5 Å². The molecular weight excluding hydrogens is 226 g/mol. The number of nitrogens with one attached hydrogen (secondary N) is 1. The van der Waals surface area contributed by atoms with Crippen molar-refractivity contribution in [2.75, 3.05) is 11.9 Å². The minimum atomic E-state index is -0.104. The second-order valence-corrected chi connectivity index (χ2v) is 4.63. The maximum absolute atomic E-state index is 12.0. The topological polar surface area (TPSA) is 46.9 Å². The van der Waals surface area contributed by atoms with E-state index < -0.39 is 0 Å². The van der Waals surface area contributed by atoms with Gasteiger partial charge in [0, 0.05) is 13.1 Å². The Morgan fingerprint density at radius 2 is 2.38 bits per heavy atom. The molecule has 0 bridgehead atoms. The summed E-state index contributed by atoms with van der Waals surface area (Å²) in [5.74, 6) is 0.630. The van der Waals surface area contributed by atoms with Crippen molar-refractivity contribution in [3.05, 3.63) is 21.6 Å². The Morgan fingerprint density at radius 1 is 1.62 bits per heavy atom. The van der Waals surface area contributed by atoms with Crippen LogP contribution in [0.1, 0.15) is 26.2 Å². The first kappa shape index (κ1) is 11.5. The smallest absolute Gasteiger partial charge is 0.291 e. The van der Waals surface area contributed by atoms with Gasteiger partial charge in [-0.3, -0.25) is 4.79 Å². The van der Waals surface area contributed by atoms with Gasteiger partial charge < -0.3 is 5.32 Å². The zero-order valence-electron chi connectivity index (χ0n) is 9.37. The van der Waals surface area contributed by atoms with Crippen molar-refractivity contribution in [2.24, 2.45) is 5.92 Å². The largest absolute Gasteiger partial charge is 0.379 e. The number of rotatable bonds is 5. The number of anilines is 1.